The summed E-state index contributed by atoms with van der Waals surface area (Å²) in [6, 6.07) is 0. The molecule has 0 bridgehead atoms. The van der Waals surface area contributed by atoms with E-state index >= 15 is 0 Å². The highest BCUT2D eigenvalue weighted by atomic mass is 32.2. The fourth-order valence-electron chi connectivity index (χ4n) is 0.879. The second-order valence-corrected chi connectivity index (χ2v) is 6.81. The average molecular weight is 206 g/mol. The Morgan fingerprint density at radius 3 is 2.00 bits per heavy atom. The number of ketones is 1. The Labute approximate surface area is 80.4 Å². The molecule has 0 rings (SSSR count). The molecule has 3 nitrogen and oxygen atoms in total. The van der Waals surface area contributed by atoms with E-state index in [-0.39, 0.29) is 17.0 Å². The molecule has 0 spiro atoms. The number of hydrogen-bond donors (Lipinski definition) is 0. The summed E-state index contributed by atoms with van der Waals surface area (Å²) in [5.41, 5.74) is 0.0904. The Morgan fingerprint density at radius 1 is 1.23 bits per heavy atom. The molecule has 13 heavy (non-hydrogen) atoms. The van der Waals surface area contributed by atoms with Crippen molar-refractivity contribution in [1.29, 1.82) is 0 Å². The van der Waals surface area contributed by atoms with Crippen LogP contribution >= 0.6 is 0 Å². The predicted molar refractivity (Wildman–Crippen MR) is 53.4 cm³/mol. The first-order valence-electron chi connectivity index (χ1n) is 4.30. The predicted octanol–water partition coefficient (Wildman–Crippen LogP) is 1.43. The maximum Gasteiger partial charge on any atom is 0.154 e. The molecular formula is C9H18O3S. The van der Waals surface area contributed by atoms with E-state index in [2.05, 4.69) is 0 Å². The van der Waals surface area contributed by atoms with E-state index in [0.29, 0.717) is 6.42 Å². The van der Waals surface area contributed by atoms with Crippen LogP contribution in [0.5, 0.6) is 0 Å². The van der Waals surface area contributed by atoms with Gasteiger partial charge in [-0.3, -0.25) is 4.79 Å². The lowest BCUT2D eigenvalue weighted by atomic mass is 9.90. The van der Waals surface area contributed by atoms with Crippen molar-refractivity contribution in [2.75, 3.05) is 12.0 Å². The lowest BCUT2D eigenvalue weighted by Gasteiger charge is -2.16. The number of carbonyl (C=O) groups excluding carboxylic acids is 1. The van der Waals surface area contributed by atoms with Crippen molar-refractivity contribution in [2.24, 2.45) is 5.41 Å². The van der Waals surface area contributed by atoms with Crippen LogP contribution in [0.15, 0.2) is 0 Å². The zero-order valence-electron chi connectivity index (χ0n) is 8.75. The minimum atomic E-state index is -3.14. The van der Waals surface area contributed by atoms with Gasteiger partial charge in [-0.25, -0.2) is 8.42 Å². The normalized spacial score (nSPS) is 12.9. The molecule has 0 aliphatic heterocycles. The van der Waals surface area contributed by atoms with Crippen LogP contribution in [0.4, 0.5) is 0 Å². The Hall–Kier alpha value is -0.380. The number of carbonyl (C=O) groups is 1. The SMILES string of the molecule is CC(C)(C)CCC(=O)CS(C)(=O)=O. The standard InChI is InChI=1S/C9H18O3S/c1-9(2,3)6-5-8(10)7-13(4,11)12/h5-7H2,1-4H3. The van der Waals surface area contributed by atoms with E-state index in [9.17, 15) is 13.2 Å². The minimum Gasteiger partial charge on any atom is -0.299 e. The highest BCUT2D eigenvalue weighted by Crippen LogP contribution is 2.20. The highest BCUT2D eigenvalue weighted by molar-refractivity contribution is 7.91. The van der Waals surface area contributed by atoms with Crippen molar-refractivity contribution in [1.82, 2.24) is 0 Å². The molecule has 0 aliphatic rings. The first kappa shape index (κ1) is 12.6. The van der Waals surface area contributed by atoms with E-state index in [0.717, 1.165) is 12.7 Å². The van der Waals surface area contributed by atoms with E-state index in [1.165, 1.54) is 0 Å². The van der Waals surface area contributed by atoms with Gasteiger partial charge < -0.3 is 0 Å². The van der Waals surface area contributed by atoms with Gasteiger partial charge in [0, 0.05) is 12.7 Å². The maximum absolute atomic E-state index is 11.1. The molecule has 78 valence electrons. The molecule has 4 heteroatoms. The fourth-order valence-corrected chi connectivity index (χ4v) is 1.61. The van der Waals surface area contributed by atoms with Gasteiger partial charge >= 0.3 is 0 Å². The Morgan fingerprint density at radius 2 is 1.69 bits per heavy atom. The van der Waals surface area contributed by atoms with E-state index in [4.69, 9.17) is 0 Å². The van der Waals surface area contributed by atoms with Crippen LogP contribution in [0.25, 0.3) is 0 Å². The molecule has 0 aromatic rings. The molecule has 0 atom stereocenters. The maximum atomic E-state index is 11.1. The largest absolute Gasteiger partial charge is 0.299 e. The second-order valence-electron chi connectivity index (χ2n) is 4.67. The van der Waals surface area contributed by atoms with Crippen molar-refractivity contribution in [2.45, 2.75) is 33.6 Å². The van der Waals surface area contributed by atoms with Crippen molar-refractivity contribution in [3.63, 3.8) is 0 Å². The molecule has 0 aliphatic carbocycles. The Kier molecular flexibility index (Phi) is 4.10. The number of Topliss-reactive ketones (excluding diaryl/α,β-unsaturated/α-hetero) is 1. The minimum absolute atomic E-state index is 0.0904. The van der Waals surface area contributed by atoms with Gasteiger partial charge in [0.15, 0.2) is 9.84 Å². The van der Waals surface area contributed by atoms with Crippen LogP contribution in [-0.4, -0.2) is 26.2 Å². The molecule has 0 radical (unpaired) electrons. The summed E-state index contributed by atoms with van der Waals surface area (Å²) in [5.74, 6) is -0.499. The Bertz CT molecular complexity index is 270. The smallest absolute Gasteiger partial charge is 0.154 e. The van der Waals surface area contributed by atoms with Gasteiger partial charge in [-0.1, -0.05) is 20.8 Å². The summed E-state index contributed by atoms with van der Waals surface area (Å²) in [6.45, 7) is 6.09. The first-order chi connectivity index (χ1) is 5.60. The van der Waals surface area contributed by atoms with Gasteiger partial charge in [-0.2, -0.15) is 0 Å². The van der Waals surface area contributed by atoms with Crippen LogP contribution < -0.4 is 0 Å². The quantitative estimate of drug-likeness (QED) is 0.699. The van der Waals surface area contributed by atoms with Gasteiger partial charge in [0.2, 0.25) is 0 Å². The number of sulfone groups is 1. The molecule has 0 aromatic heterocycles. The third-order valence-electron chi connectivity index (χ3n) is 1.58. The van der Waals surface area contributed by atoms with E-state index in [1.807, 2.05) is 20.8 Å². The summed E-state index contributed by atoms with van der Waals surface area (Å²) < 4.78 is 21.5. The first-order valence-corrected chi connectivity index (χ1v) is 6.36. The zero-order valence-corrected chi connectivity index (χ0v) is 9.57. The lowest BCUT2D eigenvalue weighted by Crippen LogP contribution is -2.16. The lowest BCUT2D eigenvalue weighted by molar-refractivity contribution is -0.117. The molecule has 0 aromatic carbocycles. The molecule has 0 amide bonds. The summed E-state index contributed by atoms with van der Waals surface area (Å²) in [4.78, 5) is 11.1. The van der Waals surface area contributed by atoms with Gasteiger partial charge in [-0.05, 0) is 11.8 Å². The van der Waals surface area contributed by atoms with E-state index in [1.54, 1.807) is 0 Å². The zero-order chi connectivity index (χ0) is 10.7. The molecule has 0 saturated carbocycles. The van der Waals surface area contributed by atoms with Gasteiger partial charge in [0.1, 0.15) is 11.5 Å². The summed E-state index contributed by atoms with van der Waals surface area (Å²) in [7, 11) is -3.14. The van der Waals surface area contributed by atoms with Crippen molar-refractivity contribution >= 4 is 15.6 Å². The van der Waals surface area contributed by atoms with Crippen LogP contribution in [0.3, 0.4) is 0 Å². The van der Waals surface area contributed by atoms with Gasteiger partial charge in [0.05, 0.1) is 0 Å². The third kappa shape index (κ3) is 9.53. The topological polar surface area (TPSA) is 51.2 Å². The third-order valence-corrected chi connectivity index (χ3v) is 2.42. The van der Waals surface area contributed by atoms with Gasteiger partial charge in [-0.15, -0.1) is 0 Å². The van der Waals surface area contributed by atoms with Crippen molar-refractivity contribution in [3.8, 4) is 0 Å². The summed E-state index contributed by atoms with van der Waals surface area (Å²) in [5, 5.41) is 0. The molecule has 0 fully saturated rings. The van der Waals surface area contributed by atoms with Crippen LogP contribution in [0.1, 0.15) is 33.6 Å². The monoisotopic (exact) mass is 206 g/mol. The van der Waals surface area contributed by atoms with E-state index < -0.39 is 9.84 Å². The van der Waals surface area contributed by atoms with Crippen LogP contribution in [0, 0.1) is 5.41 Å². The molecule has 0 unspecified atom stereocenters. The Balaban J connectivity index is 3.92. The van der Waals surface area contributed by atoms with Crippen LogP contribution in [0.2, 0.25) is 0 Å². The second kappa shape index (κ2) is 4.22. The van der Waals surface area contributed by atoms with Crippen molar-refractivity contribution < 1.29 is 13.2 Å². The molecular weight excluding hydrogens is 188 g/mol. The van der Waals surface area contributed by atoms with Crippen molar-refractivity contribution in [3.05, 3.63) is 0 Å². The molecule has 0 heterocycles. The number of hydrogen-bond acceptors (Lipinski definition) is 3. The average Bonchev–Trinajstić information content (AvgIpc) is 1.78. The van der Waals surface area contributed by atoms with Crippen LogP contribution in [-0.2, 0) is 14.6 Å². The highest BCUT2D eigenvalue weighted by Gasteiger charge is 2.15. The molecule has 0 saturated heterocycles. The number of rotatable bonds is 4. The fraction of sp³-hybridized carbons (Fsp3) is 0.889. The summed E-state index contributed by atoms with van der Waals surface area (Å²) in [6.07, 6.45) is 2.18. The molecule has 0 N–H and O–H groups in total. The van der Waals surface area contributed by atoms with Gasteiger partial charge in [0.25, 0.3) is 0 Å². The summed E-state index contributed by atoms with van der Waals surface area (Å²) >= 11 is 0.